The van der Waals surface area contributed by atoms with Gasteiger partial charge in [-0.2, -0.15) is 0 Å². The average molecular weight is 532 g/mol. The van der Waals surface area contributed by atoms with Crippen molar-refractivity contribution in [3.63, 3.8) is 0 Å². The van der Waals surface area contributed by atoms with Gasteiger partial charge in [-0.05, 0) is 48.6 Å². The Hall–Kier alpha value is -4.11. The first-order chi connectivity index (χ1) is 18.7. The van der Waals surface area contributed by atoms with E-state index in [0.717, 1.165) is 30.8 Å². The summed E-state index contributed by atoms with van der Waals surface area (Å²) in [5, 5.41) is 10.7. The van der Waals surface area contributed by atoms with E-state index in [0.29, 0.717) is 42.7 Å². The quantitative estimate of drug-likeness (QED) is 0.406. The van der Waals surface area contributed by atoms with Crippen LogP contribution >= 0.6 is 0 Å². The highest BCUT2D eigenvalue weighted by molar-refractivity contribution is 5.75. The van der Waals surface area contributed by atoms with Gasteiger partial charge < -0.3 is 24.6 Å². The SMILES string of the molecule is C=C(C)COc1ccc([C@H](CC(N)=O)c2oc(CN3C[C@H]4C[C@@H](C3)c3cccc(=O)n3C4)cc(=O)c2O)cc1. The second-order valence-electron chi connectivity index (χ2n) is 10.7. The third kappa shape index (κ3) is 5.83. The lowest BCUT2D eigenvalue weighted by Gasteiger charge is -2.42. The van der Waals surface area contributed by atoms with Gasteiger partial charge in [0.05, 0.1) is 12.5 Å². The molecule has 2 aliphatic rings. The summed E-state index contributed by atoms with van der Waals surface area (Å²) >= 11 is 0. The molecule has 0 aliphatic carbocycles. The highest BCUT2D eigenvalue weighted by atomic mass is 16.5. The lowest BCUT2D eigenvalue weighted by Crippen LogP contribution is -2.46. The number of ether oxygens (including phenoxy) is 1. The molecular weight excluding hydrogens is 498 g/mol. The molecule has 9 nitrogen and oxygen atoms in total. The number of nitrogens with two attached hydrogens (primary N) is 1. The molecule has 0 spiro atoms. The van der Waals surface area contributed by atoms with E-state index < -0.39 is 23.0 Å². The maximum Gasteiger partial charge on any atom is 0.250 e. The number of nitrogens with zero attached hydrogens (tertiary/aromatic N) is 2. The Morgan fingerprint density at radius 3 is 2.67 bits per heavy atom. The minimum absolute atomic E-state index is 0.0148. The first-order valence-electron chi connectivity index (χ1n) is 13.1. The summed E-state index contributed by atoms with van der Waals surface area (Å²) in [5.74, 6) is -0.307. The zero-order valence-electron chi connectivity index (χ0n) is 22.0. The van der Waals surface area contributed by atoms with Crippen LogP contribution < -0.4 is 21.5 Å². The highest BCUT2D eigenvalue weighted by Crippen LogP contribution is 2.37. The predicted molar refractivity (Wildman–Crippen MR) is 146 cm³/mol. The molecule has 0 unspecified atom stereocenters. The molecule has 1 amide bonds. The molecule has 3 N–H and O–H groups in total. The molecule has 1 saturated heterocycles. The van der Waals surface area contributed by atoms with Crippen molar-refractivity contribution in [1.29, 1.82) is 0 Å². The fourth-order valence-corrected chi connectivity index (χ4v) is 5.78. The number of fused-ring (bicyclic) bond motifs is 4. The summed E-state index contributed by atoms with van der Waals surface area (Å²) in [7, 11) is 0. The van der Waals surface area contributed by atoms with Gasteiger partial charge in [-0.25, -0.2) is 0 Å². The molecule has 5 rings (SSSR count). The number of hydrogen-bond acceptors (Lipinski definition) is 7. The third-order valence-electron chi connectivity index (χ3n) is 7.42. The zero-order valence-corrected chi connectivity index (χ0v) is 22.0. The highest BCUT2D eigenvalue weighted by Gasteiger charge is 2.35. The van der Waals surface area contributed by atoms with Crippen LogP contribution in [0.2, 0.25) is 0 Å². The van der Waals surface area contributed by atoms with Crippen LogP contribution in [0.15, 0.2) is 74.7 Å². The molecule has 0 radical (unpaired) electrons. The summed E-state index contributed by atoms with van der Waals surface area (Å²) in [4.78, 5) is 39.4. The van der Waals surface area contributed by atoms with E-state index in [1.165, 1.54) is 6.07 Å². The summed E-state index contributed by atoms with van der Waals surface area (Å²) in [6.07, 6.45) is 0.864. The number of pyridine rings is 1. The van der Waals surface area contributed by atoms with Gasteiger partial charge in [0.25, 0.3) is 5.56 Å². The van der Waals surface area contributed by atoms with Crippen LogP contribution in [0.3, 0.4) is 0 Å². The van der Waals surface area contributed by atoms with Crippen molar-refractivity contribution in [3.8, 4) is 11.5 Å². The molecule has 2 aliphatic heterocycles. The lowest BCUT2D eigenvalue weighted by atomic mass is 9.83. The van der Waals surface area contributed by atoms with Gasteiger partial charge in [0, 0.05) is 49.8 Å². The number of likely N-dealkylation sites (tertiary alicyclic amines) is 1. The van der Waals surface area contributed by atoms with Gasteiger partial charge in [-0.3, -0.25) is 19.3 Å². The fourth-order valence-electron chi connectivity index (χ4n) is 5.78. The van der Waals surface area contributed by atoms with Crippen LogP contribution in [-0.4, -0.2) is 40.2 Å². The van der Waals surface area contributed by atoms with Crippen LogP contribution in [-0.2, 0) is 17.9 Å². The van der Waals surface area contributed by atoms with Gasteiger partial charge in [0.2, 0.25) is 17.1 Å². The Kier molecular flexibility index (Phi) is 7.43. The summed E-state index contributed by atoms with van der Waals surface area (Å²) in [6.45, 7) is 8.57. The largest absolute Gasteiger partial charge is 0.502 e. The molecule has 3 aromatic rings. The minimum atomic E-state index is -0.746. The second kappa shape index (κ2) is 10.9. The minimum Gasteiger partial charge on any atom is -0.502 e. The smallest absolute Gasteiger partial charge is 0.250 e. The van der Waals surface area contributed by atoms with Crippen molar-refractivity contribution in [3.05, 3.63) is 104 Å². The van der Waals surface area contributed by atoms with Gasteiger partial charge in [0.15, 0.2) is 5.76 Å². The average Bonchev–Trinajstić information content (AvgIpc) is 2.89. The van der Waals surface area contributed by atoms with Crippen molar-refractivity contribution >= 4 is 5.91 Å². The van der Waals surface area contributed by atoms with Crippen molar-refractivity contribution < 1.29 is 19.1 Å². The van der Waals surface area contributed by atoms with E-state index in [9.17, 15) is 19.5 Å². The zero-order chi connectivity index (χ0) is 27.7. The van der Waals surface area contributed by atoms with Crippen molar-refractivity contribution in [1.82, 2.24) is 9.47 Å². The molecule has 4 heterocycles. The van der Waals surface area contributed by atoms with Crippen LogP contribution in [0, 0.1) is 5.92 Å². The number of carbonyl (C=O) groups is 1. The van der Waals surface area contributed by atoms with Crippen LogP contribution in [0.25, 0.3) is 0 Å². The summed E-state index contributed by atoms with van der Waals surface area (Å²) in [6, 6.07) is 13.7. The van der Waals surface area contributed by atoms with Crippen molar-refractivity contribution in [2.45, 2.75) is 44.7 Å². The van der Waals surface area contributed by atoms with Gasteiger partial charge in [0.1, 0.15) is 18.1 Å². The molecule has 2 aromatic heterocycles. The Morgan fingerprint density at radius 1 is 1.18 bits per heavy atom. The maximum atomic E-state index is 12.8. The standard InChI is InChI=1S/C30H33N3O6/c1-18(2)17-38-22-8-6-20(7-9-22)24(12-27(31)35)30-29(37)26(34)11-23(39-30)16-32-13-19-10-21(15-32)25-4-3-5-28(36)33(25)14-19/h3-9,11,19,21,24,37H,1,10,12-17H2,2H3,(H2,31,35)/t19-,21+,24+/m1/s1. The number of benzene rings is 1. The fraction of sp³-hybridized carbons (Fsp3) is 0.367. The second-order valence-corrected chi connectivity index (χ2v) is 10.7. The van der Waals surface area contributed by atoms with Crippen LogP contribution in [0.4, 0.5) is 0 Å². The molecule has 3 atom stereocenters. The van der Waals surface area contributed by atoms with Gasteiger partial charge in [-0.15, -0.1) is 0 Å². The van der Waals surface area contributed by atoms with E-state index in [4.69, 9.17) is 14.9 Å². The third-order valence-corrected chi connectivity index (χ3v) is 7.42. The van der Waals surface area contributed by atoms with E-state index in [1.54, 1.807) is 36.4 Å². The monoisotopic (exact) mass is 531 g/mol. The van der Waals surface area contributed by atoms with Crippen molar-refractivity contribution in [2.24, 2.45) is 11.7 Å². The summed E-state index contributed by atoms with van der Waals surface area (Å²) in [5.41, 5.74) is 7.57. The number of rotatable bonds is 9. The van der Waals surface area contributed by atoms with Gasteiger partial charge >= 0.3 is 0 Å². The van der Waals surface area contributed by atoms with E-state index in [2.05, 4.69) is 11.5 Å². The molecule has 9 heteroatoms. The van der Waals surface area contributed by atoms with Crippen LogP contribution in [0.5, 0.6) is 11.5 Å². The Morgan fingerprint density at radius 2 is 1.95 bits per heavy atom. The molecule has 1 aromatic carbocycles. The normalized spacial score (nSPS) is 19.2. The number of primary amides is 1. The van der Waals surface area contributed by atoms with Gasteiger partial charge in [-0.1, -0.05) is 24.8 Å². The molecule has 0 saturated carbocycles. The van der Waals surface area contributed by atoms with Crippen LogP contribution in [0.1, 0.15) is 54.4 Å². The maximum absolute atomic E-state index is 12.8. The van der Waals surface area contributed by atoms with Crippen molar-refractivity contribution in [2.75, 3.05) is 19.7 Å². The molecule has 39 heavy (non-hydrogen) atoms. The van der Waals surface area contributed by atoms with E-state index >= 15 is 0 Å². The number of aromatic nitrogens is 1. The lowest BCUT2D eigenvalue weighted by molar-refractivity contribution is -0.118. The Labute approximate surface area is 226 Å². The molecule has 1 fully saturated rings. The number of hydrogen-bond donors (Lipinski definition) is 2. The van der Waals surface area contributed by atoms with E-state index in [-0.39, 0.29) is 23.7 Å². The first kappa shape index (κ1) is 26.5. The van der Waals surface area contributed by atoms with E-state index in [1.807, 2.05) is 17.6 Å². The first-order valence-corrected chi connectivity index (χ1v) is 13.1. The molecular formula is C30H33N3O6. The number of aromatic hydroxyl groups is 1. The number of piperidine rings is 1. The number of amides is 1. The molecule has 204 valence electrons. The molecule has 2 bridgehead atoms. The topological polar surface area (TPSA) is 128 Å². The Balaban J connectivity index is 1.40. The Bertz CT molecular complexity index is 1510. The predicted octanol–water partition coefficient (Wildman–Crippen LogP) is 3.09. The summed E-state index contributed by atoms with van der Waals surface area (Å²) < 4.78 is 13.7. The number of carbonyl (C=O) groups excluding carboxylic acids is 1.